The van der Waals surface area contributed by atoms with Crippen molar-refractivity contribution in [1.82, 2.24) is 4.57 Å². The van der Waals surface area contributed by atoms with Crippen LogP contribution in [0.5, 0.6) is 0 Å². The fourth-order valence-corrected chi connectivity index (χ4v) is 2.36. The fourth-order valence-electron chi connectivity index (χ4n) is 2.36. The lowest BCUT2D eigenvalue weighted by Gasteiger charge is -2.12. The van der Waals surface area contributed by atoms with Gasteiger partial charge in [0.05, 0.1) is 18.2 Å². The van der Waals surface area contributed by atoms with Crippen molar-refractivity contribution in [1.29, 1.82) is 0 Å². The van der Waals surface area contributed by atoms with Crippen molar-refractivity contribution in [3.8, 4) is 0 Å². The van der Waals surface area contributed by atoms with Crippen LogP contribution in [0, 0.1) is 0 Å². The summed E-state index contributed by atoms with van der Waals surface area (Å²) in [7, 11) is 0. The molecule has 0 aliphatic heterocycles. The maximum absolute atomic E-state index is 5.83. The molecular weight excluding hydrogens is 224 g/mol. The highest BCUT2D eigenvalue weighted by Gasteiger charge is 2.11. The number of nitrogens with zero attached hydrogens (tertiary/aromatic N) is 1. The number of hydrogen-bond acceptors (Lipinski definition) is 2. The molecule has 3 nitrogen and oxygen atoms in total. The van der Waals surface area contributed by atoms with E-state index in [1.54, 1.807) is 0 Å². The van der Waals surface area contributed by atoms with Crippen LogP contribution in [0.25, 0.3) is 10.9 Å². The molecule has 18 heavy (non-hydrogen) atoms. The lowest BCUT2D eigenvalue weighted by molar-refractivity contribution is 0.0620. The Kier molecular flexibility index (Phi) is 4.04. The predicted octanol–water partition coefficient (Wildman–Crippen LogP) is 3.04. The van der Waals surface area contributed by atoms with Gasteiger partial charge in [0.2, 0.25) is 0 Å². The molecule has 0 saturated carbocycles. The molecule has 0 atom stereocenters. The predicted molar refractivity (Wildman–Crippen MR) is 75.4 cm³/mol. The van der Waals surface area contributed by atoms with E-state index in [1.807, 2.05) is 0 Å². The second kappa shape index (κ2) is 5.55. The number of fused-ring (bicyclic) bond motifs is 1. The lowest BCUT2D eigenvalue weighted by atomic mass is 10.1. The van der Waals surface area contributed by atoms with Crippen LogP contribution in [-0.4, -0.2) is 10.7 Å². The van der Waals surface area contributed by atoms with Gasteiger partial charge in [-0.2, -0.15) is 0 Å². The molecule has 0 amide bonds. The van der Waals surface area contributed by atoms with E-state index in [0.717, 1.165) is 6.54 Å². The summed E-state index contributed by atoms with van der Waals surface area (Å²) >= 11 is 0. The van der Waals surface area contributed by atoms with Gasteiger partial charge < -0.3 is 15.0 Å². The summed E-state index contributed by atoms with van der Waals surface area (Å²) in [5.41, 5.74) is 9.50. The second-order valence-corrected chi connectivity index (χ2v) is 4.80. The quantitative estimate of drug-likeness (QED) is 0.880. The Morgan fingerprint density at radius 2 is 2.11 bits per heavy atom. The van der Waals surface area contributed by atoms with Gasteiger partial charge >= 0.3 is 0 Å². The van der Waals surface area contributed by atoms with Gasteiger partial charge in [0.1, 0.15) is 0 Å². The summed E-state index contributed by atoms with van der Waals surface area (Å²) in [5.74, 6) is 0. The Hall–Kier alpha value is -1.32. The summed E-state index contributed by atoms with van der Waals surface area (Å²) in [6, 6.07) is 8.51. The van der Waals surface area contributed by atoms with Crippen LogP contribution >= 0.6 is 0 Å². The van der Waals surface area contributed by atoms with Crippen molar-refractivity contribution >= 4 is 10.9 Å². The number of benzene rings is 1. The highest BCUT2D eigenvalue weighted by atomic mass is 16.5. The van der Waals surface area contributed by atoms with E-state index in [-0.39, 0.29) is 6.10 Å². The normalized spacial score (nSPS) is 11.6. The summed E-state index contributed by atoms with van der Waals surface area (Å²) in [5, 5.41) is 1.25. The van der Waals surface area contributed by atoms with Crippen molar-refractivity contribution in [3.63, 3.8) is 0 Å². The maximum atomic E-state index is 5.83. The van der Waals surface area contributed by atoms with Crippen LogP contribution < -0.4 is 5.73 Å². The highest BCUT2D eigenvalue weighted by molar-refractivity contribution is 5.84. The number of nitrogens with two attached hydrogens (primary N) is 1. The molecule has 0 fully saturated rings. The van der Waals surface area contributed by atoms with Gasteiger partial charge in [0, 0.05) is 24.2 Å². The van der Waals surface area contributed by atoms with Crippen molar-refractivity contribution in [2.45, 2.75) is 46.6 Å². The molecule has 3 heteroatoms. The zero-order valence-electron chi connectivity index (χ0n) is 11.4. The molecule has 2 N–H and O–H groups in total. The van der Waals surface area contributed by atoms with Crippen molar-refractivity contribution < 1.29 is 4.74 Å². The first-order chi connectivity index (χ1) is 8.67. The van der Waals surface area contributed by atoms with E-state index in [1.165, 1.54) is 22.2 Å². The molecule has 1 aromatic carbocycles. The van der Waals surface area contributed by atoms with Gasteiger partial charge in [-0.25, -0.2) is 0 Å². The number of rotatable bonds is 5. The Bertz CT molecular complexity index is 529. The zero-order valence-corrected chi connectivity index (χ0v) is 11.4. The molecule has 1 heterocycles. The van der Waals surface area contributed by atoms with E-state index in [4.69, 9.17) is 10.5 Å². The fraction of sp³-hybridized carbons (Fsp3) is 0.467. The van der Waals surface area contributed by atoms with Gasteiger partial charge in [0.15, 0.2) is 0 Å². The number of aromatic nitrogens is 1. The molecule has 0 unspecified atom stereocenters. The van der Waals surface area contributed by atoms with Crippen LogP contribution in [0.2, 0.25) is 0 Å². The van der Waals surface area contributed by atoms with Crippen LogP contribution in [0.4, 0.5) is 0 Å². The molecule has 0 aliphatic carbocycles. The van der Waals surface area contributed by atoms with Crippen LogP contribution in [-0.2, 0) is 24.4 Å². The molecular formula is C15H22N2O. The first kappa shape index (κ1) is 13.1. The smallest absolute Gasteiger partial charge is 0.0871 e. The first-order valence-electron chi connectivity index (χ1n) is 6.59. The third kappa shape index (κ3) is 2.42. The summed E-state index contributed by atoms with van der Waals surface area (Å²) in [6.45, 7) is 8.45. The monoisotopic (exact) mass is 246 g/mol. The third-order valence-corrected chi connectivity index (χ3v) is 3.19. The summed E-state index contributed by atoms with van der Waals surface area (Å²) in [6.07, 6.45) is 0.252. The minimum Gasteiger partial charge on any atom is -0.373 e. The molecule has 0 aliphatic rings. The van der Waals surface area contributed by atoms with Gasteiger partial charge in [-0.3, -0.25) is 0 Å². The van der Waals surface area contributed by atoms with E-state index >= 15 is 0 Å². The van der Waals surface area contributed by atoms with E-state index in [2.05, 4.69) is 49.6 Å². The summed E-state index contributed by atoms with van der Waals surface area (Å²) < 4.78 is 8.03. The van der Waals surface area contributed by atoms with Crippen LogP contribution in [0.1, 0.15) is 32.0 Å². The number of para-hydroxylation sites is 1. The average molecular weight is 246 g/mol. The molecule has 98 valence electrons. The third-order valence-electron chi connectivity index (χ3n) is 3.19. The molecule has 0 radical (unpaired) electrons. The largest absolute Gasteiger partial charge is 0.373 e. The Balaban J connectivity index is 2.48. The van der Waals surface area contributed by atoms with Crippen molar-refractivity contribution in [2.24, 2.45) is 5.73 Å². The molecule has 2 rings (SSSR count). The molecule has 0 saturated heterocycles. The lowest BCUT2D eigenvalue weighted by Crippen LogP contribution is -2.08. The van der Waals surface area contributed by atoms with Crippen molar-refractivity contribution in [3.05, 3.63) is 35.5 Å². The topological polar surface area (TPSA) is 40.2 Å². The Morgan fingerprint density at radius 3 is 2.72 bits per heavy atom. The first-order valence-corrected chi connectivity index (χ1v) is 6.59. The maximum Gasteiger partial charge on any atom is 0.0871 e. The molecule has 2 aromatic rings. The van der Waals surface area contributed by atoms with Gasteiger partial charge in [-0.15, -0.1) is 0 Å². The number of aryl methyl sites for hydroxylation is 1. The Morgan fingerprint density at radius 1 is 1.33 bits per heavy atom. The standard InChI is InChI=1S/C15H22N2O/c1-4-17-14(10-18-11(2)3)8-12-6-5-7-13(9-16)15(12)17/h5-8,11H,4,9-10,16H2,1-3H3. The van der Waals surface area contributed by atoms with E-state index in [0.29, 0.717) is 13.2 Å². The number of ether oxygens (including phenoxy) is 1. The van der Waals surface area contributed by atoms with Crippen molar-refractivity contribution in [2.75, 3.05) is 0 Å². The SMILES string of the molecule is CCn1c(COC(C)C)cc2cccc(CN)c21. The second-order valence-electron chi connectivity index (χ2n) is 4.80. The summed E-state index contributed by atoms with van der Waals surface area (Å²) in [4.78, 5) is 0. The molecule has 1 aromatic heterocycles. The average Bonchev–Trinajstić information content (AvgIpc) is 2.73. The minimum atomic E-state index is 0.252. The van der Waals surface area contributed by atoms with E-state index in [9.17, 15) is 0 Å². The van der Waals surface area contributed by atoms with Gasteiger partial charge in [-0.05, 0) is 32.4 Å². The van der Waals surface area contributed by atoms with Crippen LogP contribution in [0.3, 0.4) is 0 Å². The number of hydrogen-bond donors (Lipinski definition) is 1. The zero-order chi connectivity index (χ0) is 13.1. The highest BCUT2D eigenvalue weighted by Crippen LogP contribution is 2.24. The molecule has 0 bridgehead atoms. The van der Waals surface area contributed by atoms with E-state index < -0.39 is 0 Å². The van der Waals surface area contributed by atoms with Gasteiger partial charge in [-0.1, -0.05) is 18.2 Å². The Labute approximate surface area is 109 Å². The minimum absolute atomic E-state index is 0.252. The molecule has 0 spiro atoms. The van der Waals surface area contributed by atoms with Gasteiger partial charge in [0.25, 0.3) is 0 Å². The van der Waals surface area contributed by atoms with Crippen LogP contribution in [0.15, 0.2) is 24.3 Å².